The average Bonchev–Trinajstić information content (AvgIpc) is 3.29. The number of nitrogens with zero attached hydrogens (tertiary/aromatic N) is 2. The van der Waals surface area contributed by atoms with Gasteiger partial charge in [0, 0.05) is 11.6 Å². The maximum atomic E-state index is 13.1. The molecule has 0 saturated carbocycles. The van der Waals surface area contributed by atoms with Gasteiger partial charge in [-0.2, -0.15) is 0 Å². The minimum atomic E-state index is -0.840. The van der Waals surface area contributed by atoms with Gasteiger partial charge in [0.05, 0.1) is 18.7 Å². The Morgan fingerprint density at radius 3 is 2.35 bits per heavy atom. The van der Waals surface area contributed by atoms with E-state index in [2.05, 4.69) is 5.16 Å². The zero-order valence-corrected chi connectivity index (χ0v) is 17.7. The summed E-state index contributed by atoms with van der Waals surface area (Å²) in [6, 6.07) is 13.3. The van der Waals surface area contributed by atoms with E-state index in [1.165, 1.54) is 4.90 Å². The van der Waals surface area contributed by atoms with Gasteiger partial charge in [-0.3, -0.25) is 14.5 Å². The second-order valence-corrected chi connectivity index (χ2v) is 7.56. The number of benzene rings is 2. The lowest BCUT2D eigenvalue weighted by Crippen LogP contribution is -2.29. The molecule has 0 bridgehead atoms. The normalized spacial score (nSPS) is 17.9. The molecule has 2 heterocycles. The van der Waals surface area contributed by atoms with E-state index in [-0.39, 0.29) is 17.2 Å². The molecule has 2 aromatic carbocycles. The van der Waals surface area contributed by atoms with E-state index in [0.717, 1.165) is 11.1 Å². The first-order valence-electron chi connectivity index (χ1n) is 9.77. The number of carbonyl (C=O) groups excluding carboxylic acids is 2. The first kappa shape index (κ1) is 20.4. The Kier molecular flexibility index (Phi) is 5.10. The molecule has 0 radical (unpaired) electrons. The molecule has 158 valence electrons. The van der Waals surface area contributed by atoms with Crippen LogP contribution in [0.1, 0.15) is 34.1 Å². The van der Waals surface area contributed by atoms with Crippen molar-refractivity contribution in [1.29, 1.82) is 0 Å². The number of anilines is 1. The minimum Gasteiger partial charge on any atom is -0.507 e. The summed E-state index contributed by atoms with van der Waals surface area (Å²) in [5.41, 5.74) is 2.92. The standard InChI is InChI=1S/C24H22N2O5/c1-13-5-7-16(8-6-13)21-20(22(27)17-9-10-18(30-4)14(2)11-17)23(28)24(29)26(21)19-12-15(3)31-25-19/h5-12,21,27H,1-4H3/b22-20+/t21-/m0/s1. The number of aliphatic hydroxyl groups is 1. The quantitative estimate of drug-likeness (QED) is 0.387. The van der Waals surface area contributed by atoms with Crippen LogP contribution in [0.15, 0.2) is 58.6 Å². The van der Waals surface area contributed by atoms with Crippen molar-refractivity contribution in [2.45, 2.75) is 26.8 Å². The van der Waals surface area contributed by atoms with Crippen LogP contribution in [-0.4, -0.2) is 29.1 Å². The van der Waals surface area contributed by atoms with E-state index in [1.807, 2.05) is 38.1 Å². The highest BCUT2D eigenvalue weighted by molar-refractivity contribution is 6.51. The molecule has 7 nitrogen and oxygen atoms in total. The number of hydrogen-bond donors (Lipinski definition) is 1. The molecule has 1 atom stereocenters. The summed E-state index contributed by atoms with van der Waals surface area (Å²) in [6.45, 7) is 5.49. The zero-order chi connectivity index (χ0) is 22.3. The number of hydrogen-bond acceptors (Lipinski definition) is 6. The fourth-order valence-electron chi connectivity index (χ4n) is 3.78. The van der Waals surface area contributed by atoms with E-state index in [9.17, 15) is 14.7 Å². The summed E-state index contributed by atoms with van der Waals surface area (Å²) in [6.07, 6.45) is 0. The molecule has 7 heteroatoms. The molecular weight excluding hydrogens is 396 g/mol. The van der Waals surface area contributed by atoms with Crippen molar-refractivity contribution >= 4 is 23.3 Å². The number of aryl methyl sites for hydroxylation is 3. The number of methoxy groups -OCH3 is 1. The second-order valence-electron chi connectivity index (χ2n) is 7.56. The SMILES string of the molecule is COc1ccc(/C(O)=C2\C(=O)C(=O)N(c3cc(C)on3)[C@H]2c2ccc(C)cc2)cc1C. The van der Waals surface area contributed by atoms with Crippen LogP contribution in [0.2, 0.25) is 0 Å². The first-order valence-corrected chi connectivity index (χ1v) is 9.77. The monoisotopic (exact) mass is 418 g/mol. The summed E-state index contributed by atoms with van der Waals surface area (Å²) >= 11 is 0. The van der Waals surface area contributed by atoms with Crippen LogP contribution < -0.4 is 9.64 Å². The van der Waals surface area contributed by atoms with Crippen LogP contribution in [0.3, 0.4) is 0 Å². The number of ether oxygens (including phenoxy) is 1. The molecule has 1 saturated heterocycles. The predicted octanol–water partition coefficient (Wildman–Crippen LogP) is 4.23. The summed E-state index contributed by atoms with van der Waals surface area (Å²) in [5.74, 6) is -0.425. The summed E-state index contributed by atoms with van der Waals surface area (Å²) < 4.78 is 10.4. The van der Waals surface area contributed by atoms with Crippen LogP contribution >= 0.6 is 0 Å². The van der Waals surface area contributed by atoms with Gasteiger partial charge in [0.1, 0.15) is 17.3 Å². The Bertz CT molecular complexity index is 1210. The van der Waals surface area contributed by atoms with Crippen molar-refractivity contribution in [3.63, 3.8) is 0 Å². The molecule has 3 aromatic rings. The topological polar surface area (TPSA) is 92.9 Å². The van der Waals surface area contributed by atoms with Gasteiger partial charge in [-0.15, -0.1) is 0 Å². The molecule has 1 aliphatic rings. The molecule has 31 heavy (non-hydrogen) atoms. The second kappa shape index (κ2) is 7.75. The van der Waals surface area contributed by atoms with Gasteiger partial charge in [0.2, 0.25) is 0 Å². The van der Waals surface area contributed by atoms with Crippen molar-refractivity contribution in [3.8, 4) is 5.75 Å². The fourth-order valence-corrected chi connectivity index (χ4v) is 3.78. The predicted molar refractivity (Wildman–Crippen MR) is 115 cm³/mol. The molecule has 4 rings (SSSR count). The third kappa shape index (κ3) is 3.48. The minimum absolute atomic E-state index is 0.000858. The zero-order valence-electron chi connectivity index (χ0n) is 17.7. The highest BCUT2D eigenvalue weighted by Crippen LogP contribution is 2.42. The van der Waals surface area contributed by atoms with Gasteiger partial charge in [-0.25, -0.2) is 0 Å². The molecule has 1 N–H and O–H groups in total. The Hall–Kier alpha value is -3.87. The molecule has 1 fully saturated rings. The number of amides is 1. The molecule has 0 aliphatic carbocycles. The number of rotatable bonds is 4. The van der Waals surface area contributed by atoms with Crippen molar-refractivity contribution in [2.75, 3.05) is 12.0 Å². The van der Waals surface area contributed by atoms with Gasteiger partial charge in [-0.1, -0.05) is 35.0 Å². The number of Topliss-reactive ketones (excluding diaryl/α,β-unsaturated/α-hetero) is 1. The average molecular weight is 418 g/mol. The third-order valence-corrected chi connectivity index (χ3v) is 5.37. The van der Waals surface area contributed by atoms with Crippen LogP contribution in [0.25, 0.3) is 5.76 Å². The van der Waals surface area contributed by atoms with Crippen molar-refractivity contribution < 1.29 is 24.0 Å². The highest BCUT2D eigenvalue weighted by Gasteiger charge is 2.48. The molecule has 1 aliphatic heterocycles. The van der Waals surface area contributed by atoms with E-state index in [1.54, 1.807) is 38.3 Å². The van der Waals surface area contributed by atoms with Crippen LogP contribution in [0, 0.1) is 20.8 Å². The van der Waals surface area contributed by atoms with Crippen LogP contribution in [0.5, 0.6) is 5.75 Å². The maximum absolute atomic E-state index is 13.1. The summed E-state index contributed by atoms with van der Waals surface area (Å²) in [7, 11) is 1.56. The van der Waals surface area contributed by atoms with E-state index >= 15 is 0 Å². The van der Waals surface area contributed by atoms with Gasteiger partial charge in [0.25, 0.3) is 5.78 Å². The van der Waals surface area contributed by atoms with Crippen molar-refractivity contribution in [2.24, 2.45) is 0 Å². The third-order valence-electron chi connectivity index (χ3n) is 5.37. The van der Waals surface area contributed by atoms with E-state index < -0.39 is 17.7 Å². The molecule has 0 unspecified atom stereocenters. The lowest BCUT2D eigenvalue weighted by Gasteiger charge is -2.23. The largest absolute Gasteiger partial charge is 0.507 e. The number of aromatic nitrogens is 1. The molecule has 1 amide bonds. The van der Waals surface area contributed by atoms with E-state index in [0.29, 0.717) is 22.6 Å². The van der Waals surface area contributed by atoms with Crippen LogP contribution in [-0.2, 0) is 9.59 Å². The lowest BCUT2D eigenvalue weighted by molar-refractivity contribution is -0.132. The van der Waals surface area contributed by atoms with Crippen molar-refractivity contribution in [1.82, 2.24) is 5.16 Å². The Labute approximate surface area is 179 Å². The number of aliphatic hydroxyl groups excluding tert-OH is 1. The molecule has 1 aromatic heterocycles. The maximum Gasteiger partial charge on any atom is 0.301 e. The Morgan fingerprint density at radius 1 is 1.06 bits per heavy atom. The van der Waals surface area contributed by atoms with Gasteiger partial charge >= 0.3 is 5.91 Å². The molecular formula is C24H22N2O5. The Morgan fingerprint density at radius 2 is 1.77 bits per heavy atom. The van der Waals surface area contributed by atoms with Gasteiger partial charge in [-0.05, 0) is 50.1 Å². The Balaban J connectivity index is 1.93. The summed E-state index contributed by atoms with van der Waals surface area (Å²) in [5, 5.41) is 15.1. The first-order chi connectivity index (χ1) is 14.8. The summed E-state index contributed by atoms with van der Waals surface area (Å²) in [4.78, 5) is 27.4. The fraction of sp³-hybridized carbons (Fsp3) is 0.208. The smallest absolute Gasteiger partial charge is 0.301 e. The highest BCUT2D eigenvalue weighted by atomic mass is 16.5. The van der Waals surface area contributed by atoms with Gasteiger partial charge < -0.3 is 14.4 Å². The molecule has 0 spiro atoms. The van der Waals surface area contributed by atoms with Gasteiger partial charge in [0.15, 0.2) is 5.82 Å². The lowest BCUT2D eigenvalue weighted by atomic mass is 9.94. The van der Waals surface area contributed by atoms with Crippen molar-refractivity contribution in [3.05, 3.63) is 82.1 Å². The number of carbonyl (C=O) groups is 2. The number of ketones is 1. The van der Waals surface area contributed by atoms with E-state index in [4.69, 9.17) is 9.26 Å². The van der Waals surface area contributed by atoms with Crippen LogP contribution in [0.4, 0.5) is 5.82 Å².